The lowest BCUT2D eigenvalue weighted by molar-refractivity contribution is 0.0512. The van der Waals surface area contributed by atoms with Crippen LogP contribution in [-0.2, 0) is 4.74 Å². The molecule has 1 aliphatic carbocycles. The second-order valence-corrected chi connectivity index (χ2v) is 23.3. The number of anilines is 1. The third-order valence-corrected chi connectivity index (χ3v) is 19.7. The number of piperidine rings is 2. The molecule has 4 aromatic rings. The standard InChI is InChI=1S/C44H54F3N5O3Si/c1-26(2)56(27(3)4,28(5)6)14-11-34-37(46)10-9-31-17-33(55-25-53-7)18-35(38(31)34)40-39(47)41-36(20-48-40)42(51-21-29-15-30(16-29)22-51)50-43(49-41)54-24-44-12-8-13-52(44)23-32(45)19-44/h9-10,17-18,20,26-30,32H,8,12-13,15-16,19,21-25H2,1-7H3/t29?,30?,32-,44+/m1/s1. The summed E-state index contributed by atoms with van der Waals surface area (Å²) >= 11 is 0. The second-order valence-electron chi connectivity index (χ2n) is 17.7. The van der Waals surface area contributed by atoms with Gasteiger partial charge in [0.05, 0.1) is 16.5 Å². The van der Waals surface area contributed by atoms with Gasteiger partial charge in [-0.15, -0.1) is 5.54 Å². The number of hydrogen-bond acceptors (Lipinski definition) is 8. The topological polar surface area (TPSA) is 72.8 Å². The number of aromatic nitrogens is 3. The smallest absolute Gasteiger partial charge is 0.319 e. The molecule has 8 nitrogen and oxygen atoms in total. The summed E-state index contributed by atoms with van der Waals surface area (Å²) in [5, 5.41) is 1.57. The summed E-state index contributed by atoms with van der Waals surface area (Å²) < 4.78 is 65.9. The third kappa shape index (κ3) is 6.71. The van der Waals surface area contributed by atoms with E-state index in [-0.39, 0.29) is 36.2 Å². The van der Waals surface area contributed by atoms with Crippen LogP contribution in [0.25, 0.3) is 32.9 Å². The number of rotatable bonds is 11. The van der Waals surface area contributed by atoms with Crippen LogP contribution in [0.1, 0.15) is 79.2 Å². The van der Waals surface area contributed by atoms with Crippen LogP contribution in [-0.4, -0.2) is 86.3 Å². The maximum absolute atomic E-state index is 17.5. The zero-order chi connectivity index (χ0) is 39.5. The molecule has 2 aromatic carbocycles. The molecule has 298 valence electrons. The lowest BCUT2D eigenvalue weighted by Crippen LogP contribution is -2.49. The SMILES string of the molecule is COCOc1cc(-c2ncc3c(N4CC5CC(C5)C4)nc(OC[C@@]45CCCN4C[C@H](F)C5)nc3c2F)c2c(C#C[Si](C(C)C)(C(C)C)C(C)C)c(F)ccc2c1. The van der Waals surface area contributed by atoms with E-state index in [0.29, 0.717) is 74.7 Å². The van der Waals surface area contributed by atoms with Crippen molar-refractivity contribution in [3.63, 3.8) is 0 Å². The zero-order valence-electron chi connectivity index (χ0n) is 33.7. The van der Waals surface area contributed by atoms with E-state index in [2.05, 4.69) is 62.8 Å². The van der Waals surface area contributed by atoms with Gasteiger partial charge in [0.2, 0.25) is 0 Å². The van der Waals surface area contributed by atoms with E-state index in [0.717, 1.165) is 32.5 Å². The lowest BCUT2D eigenvalue weighted by Gasteiger charge is -2.47. The maximum atomic E-state index is 17.5. The maximum Gasteiger partial charge on any atom is 0.319 e. The highest BCUT2D eigenvalue weighted by Crippen LogP contribution is 2.45. The van der Waals surface area contributed by atoms with Crippen molar-refractivity contribution in [2.45, 2.75) is 102 Å². The van der Waals surface area contributed by atoms with E-state index in [9.17, 15) is 4.39 Å². The van der Waals surface area contributed by atoms with Crippen molar-refractivity contribution in [3.05, 3.63) is 47.7 Å². The average molecular weight is 786 g/mol. The highest BCUT2D eigenvalue weighted by Gasteiger charge is 2.49. The van der Waals surface area contributed by atoms with Crippen LogP contribution in [0.4, 0.5) is 19.0 Å². The molecule has 5 aliphatic rings. The summed E-state index contributed by atoms with van der Waals surface area (Å²) in [4.78, 5) is 18.8. The van der Waals surface area contributed by atoms with Crippen molar-refractivity contribution in [3.8, 4) is 34.5 Å². The molecule has 2 bridgehead atoms. The van der Waals surface area contributed by atoms with Crippen molar-refractivity contribution < 1.29 is 27.4 Å². The first-order chi connectivity index (χ1) is 26.8. The van der Waals surface area contributed by atoms with E-state index < -0.39 is 31.4 Å². The highest BCUT2D eigenvalue weighted by molar-refractivity contribution is 6.90. The minimum Gasteiger partial charge on any atom is -0.468 e. The molecule has 9 rings (SSSR count). The molecule has 1 saturated carbocycles. The van der Waals surface area contributed by atoms with Crippen molar-refractivity contribution in [2.24, 2.45) is 11.8 Å². The van der Waals surface area contributed by atoms with Crippen molar-refractivity contribution in [2.75, 3.05) is 51.6 Å². The molecule has 2 atom stereocenters. The molecular formula is C44H54F3N5O3Si. The zero-order valence-corrected chi connectivity index (χ0v) is 34.7. The Labute approximate surface area is 329 Å². The summed E-state index contributed by atoms with van der Waals surface area (Å²) in [7, 11) is -0.746. The van der Waals surface area contributed by atoms with Gasteiger partial charge >= 0.3 is 6.01 Å². The Morgan fingerprint density at radius 3 is 2.39 bits per heavy atom. The molecule has 0 N–H and O–H groups in total. The van der Waals surface area contributed by atoms with Gasteiger partial charge in [0.1, 0.15) is 49.4 Å². The fraction of sp³-hybridized carbons (Fsp3) is 0.568. The number of benzene rings is 2. The van der Waals surface area contributed by atoms with Gasteiger partial charge in [0.25, 0.3) is 0 Å². The van der Waals surface area contributed by atoms with Gasteiger partial charge in [0.15, 0.2) is 12.6 Å². The number of alkyl halides is 1. The van der Waals surface area contributed by atoms with Gasteiger partial charge in [-0.05, 0) is 84.3 Å². The van der Waals surface area contributed by atoms with Crippen LogP contribution in [0.5, 0.6) is 11.8 Å². The Bertz CT molecular complexity index is 2170. The molecule has 0 spiro atoms. The van der Waals surface area contributed by atoms with Crippen molar-refractivity contribution in [1.29, 1.82) is 0 Å². The molecule has 0 radical (unpaired) electrons. The predicted octanol–water partition coefficient (Wildman–Crippen LogP) is 9.48. The normalized spacial score (nSPS) is 23.6. The van der Waals surface area contributed by atoms with E-state index in [4.69, 9.17) is 29.2 Å². The molecule has 56 heavy (non-hydrogen) atoms. The fourth-order valence-electron chi connectivity index (χ4n) is 10.7. The number of ether oxygens (including phenoxy) is 3. The number of methoxy groups -OCH3 is 1. The van der Waals surface area contributed by atoms with Crippen LogP contribution in [0.2, 0.25) is 16.6 Å². The Balaban J connectivity index is 1.30. The fourth-order valence-corrected chi connectivity index (χ4v) is 15.9. The molecule has 5 fully saturated rings. The average Bonchev–Trinajstić information content (AvgIpc) is 3.68. The number of halogens is 3. The number of nitrogens with zero attached hydrogens (tertiary/aromatic N) is 5. The Morgan fingerprint density at radius 2 is 1.70 bits per heavy atom. The molecule has 6 heterocycles. The molecule has 12 heteroatoms. The molecule has 4 saturated heterocycles. The van der Waals surface area contributed by atoms with Gasteiger partial charge < -0.3 is 19.1 Å². The van der Waals surface area contributed by atoms with Crippen LogP contribution in [0.3, 0.4) is 0 Å². The second kappa shape index (κ2) is 15.1. The first-order valence-corrected chi connectivity index (χ1v) is 22.6. The minimum absolute atomic E-state index is 0.00665. The first-order valence-electron chi connectivity index (χ1n) is 20.4. The van der Waals surface area contributed by atoms with Gasteiger partial charge in [-0.25, -0.2) is 13.2 Å². The summed E-state index contributed by atoms with van der Waals surface area (Å²) in [6.45, 7) is 16.4. The van der Waals surface area contributed by atoms with Gasteiger partial charge in [-0.3, -0.25) is 9.88 Å². The number of pyridine rings is 1. The third-order valence-electron chi connectivity index (χ3n) is 13.4. The van der Waals surface area contributed by atoms with Crippen LogP contribution in [0.15, 0.2) is 30.5 Å². The number of fused-ring (bicyclic) bond motifs is 5. The predicted molar refractivity (Wildman–Crippen MR) is 218 cm³/mol. The molecule has 0 amide bonds. The Hall–Kier alpha value is -3.92. The quantitative estimate of drug-likeness (QED) is 0.0847. The van der Waals surface area contributed by atoms with Crippen molar-refractivity contribution in [1.82, 2.24) is 19.9 Å². The summed E-state index contributed by atoms with van der Waals surface area (Å²) in [6, 6.07) is 6.62. The van der Waals surface area contributed by atoms with Gasteiger partial charge in [-0.1, -0.05) is 53.5 Å². The minimum atomic E-state index is -2.27. The van der Waals surface area contributed by atoms with E-state index >= 15 is 8.78 Å². The summed E-state index contributed by atoms with van der Waals surface area (Å²) in [5.74, 6) is 4.31. The van der Waals surface area contributed by atoms with Crippen LogP contribution in [0, 0.1) is 34.9 Å². The Kier molecular flexibility index (Phi) is 10.5. The highest BCUT2D eigenvalue weighted by atomic mass is 28.3. The van der Waals surface area contributed by atoms with Crippen molar-refractivity contribution >= 4 is 35.6 Å². The van der Waals surface area contributed by atoms with E-state index in [1.165, 1.54) is 26.0 Å². The van der Waals surface area contributed by atoms with E-state index in [1.54, 1.807) is 24.4 Å². The lowest BCUT2D eigenvalue weighted by atomic mass is 9.71. The summed E-state index contributed by atoms with van der Waals surface area (Å²) in [5.41, 5.74) is 4.87. The molecule has 0 unspecified atom stereocenters. The monoisotopic (exact) mass is 785 g/mol. The largest absolute Gasteiger partial charge is 0.468 e. The number of hydrogen-bond donors (Lipinski definition) is 0. The Morgan fingerprint density at radius 1 is 0.964 bits per heavy atom. The van der Waals surface area contributed by atoms with Gasteiger partial charge in [0, 0.05) is 50.3 Å². The van der Waals surface area contributed by atoms with Crippen LogP contribution >= 0.6 is 0 Å². The first kappa shape index (κ1) is 38.9. The molecule has 2 aromatic heterocycles. The molecule has 4 aliphatic heterocycles. The van der Waals surface area contributed by atoms with Crippen LogP contribution < -0.4 is 14.4 Å². The molecular weight excluding hydrogens is 732 g/mol. The van der Waals surface area contributed by atoms with Gasteiger partial charge in [-0.2, -0.15) is 9.97 Å². The van der Waals surface area contributed by atoms with E-state index in [1.807, 2.05) is 0 Å². The summed E-state index contributed by atoms with van der Waals surface area (Å²) in [6.07, 6.45) is 5.30.